The normalized spacial score (nSPS) is 19.2. The molecule has 1 aromatic rings. The molecule has 0 unspecified atom stereocenters. The third kappa shape index (κ3) is 3.77. The van der Waals surface area contributed by atoms with Crippen LogP contribution in [-0.4, -0.2) is 24.9 Å². The minimum atomic E-state index is -0.912. The van der Waals surface area contributed by atoms with E-state index in [-0.39, 0.29) is 10.8 Å². The summed E-state index contributed by atoms with van der Waals surface area (Å²) in [5, 5.41) is 10.1. The number of fused-ring (bicyclic) bond motifs is 1. The van der Waals surface area contributed by atoms with Gasteiger partial charge in [0.2, 0.25) is 0 Å². The zero-order valence-electron chi connectivity index (χ0n) is 15.6. The van der Waals surface area contributed by atoms with Gasteiger partial charge in [0, 0.05) is 12.2 Å². The molecule has 1 aromatic carbocycles. The molecular weight excluding hydrogens is 300 g/mol. The number of aliphatic hydroxyl groups excluding tert-OH is 1. The highest BCUT2D eigenvalue weighted by molar-refractivity contribution is 5.53. The van der Waals surface area contributed by atoms with E-state index in [0.717, 1.165) is 24.2 Å². The Labute approximate surface area is 146 Å². The second-order valence-electron chi connectivity index (χ2n) is 7.82. The lowest BCUT2D eigenvalue weighted by Crippen LogP contribution is -2.34. The van der Waals surface area contributed by atoms with Crippen molar-refractivity contribution in [1.82, 2.24) is 0 Å². The van der Waals surface area contributed by atoms with E-state index in [1.165, 1.54) is 11.1 Å². The van der Waals surface area contributed by atoms with Crippen LogP contribution >= 0.6 is 0 Å². The molecule has 0 saturated carbocycles. The SMILES string of the molecule is C#C[C@@H](O)c1cc(OCCOCC)c2c(c1)C(C)(C)CCC2(C)C. The van der Waals surface area contributed by atoms with Gasteiger partial charge in [-0.2, -0.15) is 0 Å². The molecule has 3 heteroatoms. The molecule has 0 bridgehead atoms. The Bertz CT molecular complexity index is 623. The Hall–Kier alpha value is -1.50. The fraction of sp³-hybridized carbons (Fsp3) is 0.619. The van der Waals surface area contributed by atoms with Gasteiger partial charge in [0.25, 0.3) is 0 Å². The molecule has 0 aliphatic heterocycles. The van der Waals surface area contributed by atoms with Gasteiger partial charge in [0.15, 0.2) is 0 Å². The minimum absolute atomic E-state index is 0.0332. The van der Waals surface area contributed by atoms with E-state index in [1.807, 2.05) is 13.0 Å². The zero-order valence-corrected chi connectivity index (χ0v) is 15.6. The maximum Gasteiger partial charge on any atom is 0.140 e. The molecule has 3 nitrogen and oxygen atoms in total. The Morgan fingerprint density at radius 2 is 1.83 bits per heavy atom. The van der Waals surface area contributed by atoms with Crippen LogP contribution in [0.4, 0.5) is 0 Å². The third-order valence-corrected chi connectivity index (χ3v) is 5.07. The molecule has 1 aliphatic rings. The molecular formula is C21H30O3. The first kappa shape index (κ1) is 18.8. The van der Waals surface area contributed by atoms with Gasteiger partial charge in [-0.3, -0.25) is 0 Å². The van der Waals surface area contributed by atoms with Gasteiger partial charge in [-0.25, -0.2) is 0 Å². The van der Waals surface area contributed by atoms with Gasteiger partial charge < -0.3 is 14.6 Å². The van der Waals surface area contributed by atoms with Crippen LogP contribution in [0.1, 0.15) is 70.3 Å². The van der Waals surface area contributed by atoms with E-state index in [0.29, 0.717) is 19.8 Å². The van der Waals surface area contributed by atoms with Crippen molar-refractivity contribution in [3.05, 3.63) is 28.8 Å². The first-order valence-electron chi connectivity index (χ1n) is 8.76. The molecule has 132 valence electrons. The van der Waals surface area contributed by atoms with Crippen molar-refractivity contribution in [2.24, 2.45) is 0 Å². The summed E-state index contributed by atoms with van der Waals surface area (Å²) in [6.45, 7) is 12.7. The van der Waals surface area contributed by atoms with Gasteiger partial charge in [-0.1, -0.05) is 39.7 Å². The highest BCUT2D eigenvalue weighted by Gasteiger charge is 2.40. The maximum atomic E-state index is 10.1. The van der Waals surface area contributed by atoms with Crippen molar-refractivity contribution in [2.75, 3.05) is 19.8 Å². The number of terminal acetylenes is 1. The topological polar surface area (TPSA) is 38.7 Å². The van der Waals surface area contributed by atoms with Crippen molar-refractivity contribution < 1.29 is 14.6 Å². The molecule has 1 aliphatic carbocycles. The molecule has 0 radical (unpaired) electrons. The maximum absolute atomic E-state index is 10.1. The summed E-state index contributed by atoms with van der Waals surface area (Å²) >= 11 is 0. The summed E-state index contributed by atoms with van der Waals surface area (Å²) in [5.41, 5.74) is 3.27. The van der Waals surface area contributed by atoms with Gasteiger partial charge in [-0.15, -0.1) is 6.42 Å². The second kappa shape index (κ2) is 7.17. The van der Waals surface area contributed by atoms with Crippen LogP contribution in [0.5, 0.6) is 5.75 Å². The lowest BCUT2D eigenvalue weighted by atomic mass is 9.62. The summed E-state index contributed by atoms with van der Waals surface area (Å²) in [7, 11) is 0. The summed E-state index contributed by atoms with van der Waals surface area (Å²) in [6.07, 6.45) is 6.72. The number of rotatable bonds is 6. The highest BCUT2D eigenvalue weighted by Crippen LogP contribution is 2.50. The molecule has 0 heterocycles. The molecule has 0 amide bonds. The first-order valence-corrected chi connectivity index (χ1v) is 8.76. The zero-order chi connectivity index (χ0) is 18.0. The number of aliphatic hydroxyl groups is 1. The van der Waals surface area contributed by atoms with Crippen LogP contribution in [0.2, 0.25) is 0 Å². The first-order chi connectivity index (χ1) is 11.2. The Morgan fingerprint density at radius 3 is 2.46 bits per heavy atom. The average Bonchev–Trinajstić information content (AvgIpc) is 2.54. The number of hydrogen-bond acceptors (Lipinski definition) is 3. The quantitative estimate of drug-likeness (QED) is 0.630. The van der Waals surface area contributed by atoms with Gasteiger partial charge >= 0.3 is 0 Å². The molecule has 1 N–H and O–H groups in total. The molecule has 24 heavy (non-hydrogen) atoms. The molecule has 2 rings (SSSR count). The lowest BCUT2D eigenvalue weighted by Gasteiger charge is -2.43. The van der Waals surface area contributed by atoms with Crippen LogP contribution in [0, 0.1) is 12.3 Å². The van der Waals surface area contributed by atoms with Crippen LogP contribution in [-0.2, 0) is 15.6 Å². The lowest BCUT2D eigenvalue weighted by molar-refractivity contribution is 0.108. The van der Waals surface area contributed by atoms with E-state index in [4.69, 9.17) is 15.9 Å². The average molecular weight is 330 g/mol. The fourth-order valence-corrected chi connectivity index (χ4v) is 3.48. The number of benzene rings is 1. The summed E-state index contributed by atoms with van der Waals surface area (Å²) in [6, 6.07) is 3.97. The van der Waals surface area contributed by atoms with Crippen LogP contribution in [0.15, 0.2) is 12.1 Å². The fourth-order valence-electron chi connectivity index (χ4n) is 3.48. The van der Waals surface area contributed by atoms with E-state index < -0.39 is 6.10 Å². The Morgan fingerprint density at radius 1 is 1.17 bits per heavy atom. The molecule has 1 atom stereocenters. The number of hydrogen-bond donors (Lipinski definition) is 1. The molecule has 0 saturated heterocycles. The summed E-state index contributed by atoms with van der Waals surface area (Å²) < 4.78 is 11.5. The van der Waals surface area contributed by atoms with Crippen LogP contribution in [0.3, 0.4) is 0 Å². The molecule has 0 aromatic heterocycles. The van der Waals surface area contributed by atoms with Crippen LogP contribution in [0.25, 0.3) is 0 Å². The van der Waals surface area contributed by atoms with Gasteiger partial charge in [0.1, 0.15) is 18.5 Å². The second-order valence-corrected chi connectivity index (χ2v) is 7.82. The highest BCUT2D eigenvalue weighted by atomic mass is 16.5. The van der Waals surface area contributed by atoms with Crippen molar-refractivity contribution in [3.63, 3.8) is 0 Å². The van der Waals surface area contributed by atoms with Crippen LogP contribution < -0.4 is 4.74 Å². The molecule has 0 spiro atoms. The van der Waals surface area contributed by atoms with E-state index in [2.05, 4.69) is 39.7 Å². The minimum Gasteiger partial charge on any atom is -0.491 e. The van der Waals surface area contributed by atoms with E-state index in [1.54, 1.807) is 0 Å². The smallest absolute Gasteiger partial charge is 0.140 e. The standard InChI is InChI=1S/C21H30O3/c1-7-17(22)15-13-16-19(18(14-15)24-12-11-23-8-2)21(5,6)10-9-20(16,3)4/h1,13-14,17,22H,8-12H2,2-6H3/t17-/m1/s1. The predicted octanol–water partition coefficient (Wildman–Crippen LogP) is 4.12. The Balaban J connectivity index is 2.52. The third-order valence-electron chi connectivity index (χ3n) is 5.07. The number of ether oxygens (including phenoxy) is 2. The van der Waals surface area contributed by atoms with Gasteiger partial charge in [-0.05, 0) is 47.8 Å². The van der Waals surface area contributed by atoms with Crippen molar-refractivity contribution in [3.8, 4) is 18.1 Å². The monoisotopic (exact) mass is 330 g/mol. The summed E-state index contributed by atoms with van der Waals surface area (Å²) in [5.74, 6) is 3.24. The Kier molecular flexibility index (Phi) is 5.63. The van der Waals surface area contributed by atoms with Crippen molar-refractivity contribution >= 4 is 0 Å². The largest absolute Gasteiger partial charge is 0.491 e. The predicted molar refractivity (Wildman–Crippen MR) is 97.5 cm³/mol. The molecule has 0 fully saturated rings. The van der Waals surface area contributed by atoms with E-state index >= 15 is 0 Å². The van der Waals surface area contributed by atoms with E-state index in [9.17, 15) is 5.11 Å². The van der Waals surface area contributed by atoms with Crippen molar-refractivity contribution in [2.45, 2.75) is 64.4 Å². The summed E-state index contributed by atoms with van der Waals surface area (Å²) in [4.78, 5) is 0. The van der Waals surface area contributed by atoms with Gasteiger partial charge in [0.05, 0.1) is 6.61 Å². The van der Waals surface area contributed by atoms with Crippen molar-refractivity contribution in [1.29, 1.82) is 0 Å².